The largest absolute Gasteiger partial charge is 0.508 e. The Morgan fingerprint density at radius 1 is 1.03 bits per heavy atom. The number of aliphatic hydroxyl groups is 1. The summed E-state index contributed by atoms with van der Waals surface area (Å²) in [5, 5.41) is 21.0. The number of rotatable bonds is 6. The van der Waals surface area contributed by atoms with E-state index in [0.717, 1.165) is 29.5 Å². The van der Waals surface area contributed by atoms with E-state index < -0.39 is 35.2 Å². The number of hydrogen-bond acceptors (Lipinski definition) is 5. The van der Waals surface area contributed by atoms with E-state index in [1.807, 2.05) is 6.92 Å². The van der Waals surface area contributed by atoms with Crippen molar-refractivity contribution in [3.05, 3.63) is 94.6 Å². The molecular formula is C28H24F3NO5. The van der Waals surface area contributed by atoms with Gasteiger partial charge in [-0.15, -0.1) is 0 Å². The summed E-state index contributed by atoms with van der Waals surface area (Å²) in [5.41, 5.74) is -0.188. The number of aliphatic hydroxyl groups excluding tert-OH is 1. The van der Waals surface area contributed by atoms with Crippen LogP contribution in [0.4, 0.5) is 18.9 Å². The number of benzene rings is 3. The maximum atomic E-state index is 13.4. The van der Waals surface area contributed by atoms with Gasteiger partial charge < -0.3 is 14.9 Å². The lowest BCUT2D eigenvalue weighted by atomic mass is 9.94. The molecule has 0 radical (unpaired) electrons. The van der Waals surface area contributed by atoms with Gasteiger partial charge in [0.2, 0.25) is 0 Å². The van der Waals surface area contributed by atoms with Gasteiger partial charge in [-0.1, -0.05) is 25.1 Å². The van der Waals surface area contributed by atoms with Crippen molar-refractivity contribution >= 4 is 23.1 Å². The molecule has 1 aliphatic rings. The third-order valence-electron chi connectivity index (χ3n) is 6.01. The Hall–Kier alpha value is -4.27. The molecular weight excluding hydrogens is 487 g/mol. The molecule has 3 aromatic rings. The lowest BCUT2D eigenvalue weighted by molar-refractivity contribution is -0.137. The van der Waals surface area contributed by atoms with Crippen molar-refractivity contribution in [1.29, 1.82) is 0 Å². The number of ketones is 1. The predicted octanol–water partition coefficient (Wildman–Crippen LogP) is 6.13. The standard InChI is InChI=1S/C28H24F3NO5/c1-3-13-37-22-12-9-18(14-16(22)2)25(34)23-24(17-7-10-21(33)11-8-17)32(27(36)26(23)35)20-6-4-5-19(15-20)28(29,30)31/h4-12,14-15,24,33-34H,3,13H2,1-2H3/b25-23+. The highest BCUT2D eigenvalue weighted by molar-refractivity contribution is 6.51. The molecule has 0 aliphatic carbocycles. The first kappa shape index (κ1) is 25.8. The fourth-order valence-electron chi connectivity index (χ4n) is 4.23. The van der Waals surface area contributed by atoms with E-state index in [1.165, 1.54) is 30.3 Å². The zero-order valence-electron chi connectivity index (χ0n) is 20.0. The molecule has 1 atom stereocenters. The first-order valence-electron chi connectivity index (χ1n) is 11.5. The van der Waals surface area contributed by atoms with Crippen molar-refractivity contribution in [3.63, 3.8) is 0 Å². The molecule has 1 amide bonds. The van der Waals surface area contributed by atoms with Crippen molar-refractivity contribution in [2.24, 2.45) is 0 Å². The van der Waals surface area contributed by atoms with Crippen molar-refractivity contribution < 1.29 is 37.7 Å². The Morgan fingerprint density at radius 2 is 1.73 bits per heavy atom. The Kier molecular flexibility index (Phi) is 6.98. The number of aryl methyl sites for hydroxylation is 1. The van der Waals surface area contributed by atoms with Crippen LogP contribution in [-0.2, 0) is 15.8 Å². The number of alkyl halides is 3. The summed E-state index contributed by atoms with van der Waals surface area (Å²) in [5.74, 6) is -2.09. The summed E-state index contributed by atoms with van der Waals surface area (Å²) in [4.78, 5) is 27.3. The van der Waals surface area contributed by atoms with Gasteiger partial charge in [0.15, 0.2) is 0 Å². The van der Waals surface area contributed by atoms with E-state index in [2.05, 4.69) is 0 Å². The molecule has 9 heteroatoms. The Balaban J connectivity index is 1.89. The molecule has 0 bridgehead atoms. The highest BCUT2D eigenvalue weighted by Crippen LogP contribution is 2.44. The smallest absolute Gasteiger partial charge is 0.416 e. The van der Waals surface area contributed by atoms with Crippen LogP contribution in [0, 0.1) is 6.92 Å². The average molecular weight is 511 g/mol. The Labute approximate surface area is 211 Å². The molecule has 0 saturated carbocycles. The molecule has 0 spiro atoms. The molecule has 1 heterocycles. The van der Waals surface area contributed by atoms with Crippen molar-refractivity contribution in [2.45, 2.75) is 32.5 Å². The Morgan fingerprint density at radius 3 is 2.35 bits per heavy atom. The topological polar surface area (TPSA) is 87.1 Å². The number of phenolic OH excluding ortho intramolecular Hbond substituents is 1. The summed E-state index contributed by atoms with van der Waals surface area (Å²) < 4.78 is 45.9. The molecule has 192 valence electrons. The number of aromatic hydroxyl groups is 1. The predicted molar refractivity (Wildman–Crippen MR) is 131 cm³/mol. The van der Waals surface area contributed by atoms with Gasteiger partial charge in [0.25, 0.3) is 11.7 Å². The van der Waals surface area contributed by atoms with Gasteiger partial charge in [-0.2, -0.15) is 13.2 Å². The molecule has 37 heavy (non-hydrogen) atoms. The van der Waals surface area contributed by atoms with Gasteiger partial charge in [0.1, 0.15) is 17.3 Å². The maximum absolute atomic E-state index is 13.4. The van der Waals surface area contributed by atoms with Crippen LogP contribution in [0.2, 0.25) is 0 Å². The third-order valence-corrected chi connectivity index (χ3v) is 6.01. The minimum atomic E-state index is -4.67. The number of halogens is 3. The lowest BCUT2D eigenvalue weighted by Crippen LogP contribution is -2.29. The minimum Gasteiger partial charge on any atom is -0.508 e. The molecule has 1 unspecified atom stereocenters. The van der Waals surface area contributed by atoms with E-state index >= 15 is 0 Å². The van der Waals surface area contributed by atoms with Crippen LogP contribution in [0.15, 0.2) is 72.3 Å². The van der Waals surface area contributed by atoms with Crippen LogP contribution in [0.3, 0.4) is 0 Å². The van der Waals surface area contributed by atoms with Crippen molar-refractivity contribution in [3.8, 4) is 11.5 Å². The van der Waals surface area contributed by atoms with E-state index in [4.69, 9.17) is 4.74 Å². The van der Waals surface area contributed by atoms with Crippen LogP contribution in [0.25, 0.3) is 5.76 Å². The Bertz CT molecular complexity index is 1380. The zero-order chi connectivity index (χ0) is 26.9. The van der Waals surface area contributed by atoms with Crippen molar-refractivity contribution in [1.82, 2.24) is 0 Å². The minimum absolute atomic E-state index is 0.0851. The van der Waals surface area contributed by atoms with Gasteiger partial charge in [0.05, 0.1) is 23.8 Å². The van der Waals surface area contributed by atoms with Gasteiger partial charge in [0, 0.05) is 11.3 Å². The number of ether oxygens (including phenoxy) is 1. The van der Waals surface area contributed by atoms with Gasteiger partial charge >= 0.3 is 6.18 Å². The number of phenols is 1. The van der Waals surface area contributed by atoms with Crippen LogP contribution < -0.4 is 9.64 Å². The summed E-state index contributed by atoms with van der Waals surface area (Å²) in [6.45, 7) is 4.22. The number of Topliss-reactive ketones (excluding diaryl/α,β-unsaturated/α-hetero) is 1. The maximum Gasteiger partial charge on any atom is 0.416 e. The number of carbonyl (C=O) groups excluding carboxylic acids is 2. The van der Waals surface area contributed by atoms with Crippen molar-refractivity contribution in [2.75, 3.05) is 11.5 Å². The highest BCUT2D eigenvalue weighted by Gasteiger charge is 2.47. The third kappa shape index (κ3) is 5.02. The fraction of sp³-hybridized carbons (Fsp3) is 0.214. The second kappa shape index (κ2) is 10.0. The van der Waals surface area contributed by atoms with Gasteiger partial charge in [-0.05, 0) is 73.0 Å². The summed E-state index contributed by atoms with van der Waals surface area (Å²) in [6, 6.07) is 13.1. The molecule has 2 N–H and O–H groups in total. The highest BCUT2D eigenvalue weighted by atomic mass is 19.4. The lowest BCUT2D eigenvalue weighted by Gasteiger charge is -2.26. The average Bonchev–Trinajstić information content (AvgIpc) is 3.13. The number of anilines is 1. The summed E-state index contributed by atoms with van der Waals surface area (Å²) in [7, 11) is 0. The number of amides is 1. The molecule has 6 nitrogen and oxygen atoms in total. The second-order valence-electron chi connectivity index (χ2n) is 8.64. The quantitative estimate of drug-likeness (QED) is 0.236. The van der Waals surface area contributed by atoms with E-state index in [-0.39, 0.29) is 22.6 Å². The molecule has 1 saturated heterocycles. The zero-order valence-corrected chi connectivity index (χ0v) is 20.0. The molecule has 4 rings (SSSR count). The number of carbonyl (C=O) groups is 2. The van der Waals surface area contributed by atoms with E-state index in [1.54, 1.807) is 25.1 Å². The number of nitrogens with zero attached hydrogens (tertiary/aromatic N) is 1. The number of hydrogen-bond donors (Lipinski definition) is 2. The fourth-order valence-corrected chi connectivity index (χ4v) is 4.23. The SMILES string of the molecule is CCCOc1ccc(/C(O)=C2\C(=O)C(=O)N(c3cccc(C(F)(F)F)c3)C2c2ccc(O)cc2)cc1C. The first-order chi connectivity index (χ1) is 17.5. The van der Waals surface area contributed by atoms with Crippen LogP contribution in [0.1, 0.15) is 41.6 Å². The monoisotopic (exact) mass is 511 g/mol. The normalized spacial score (nSPS) is 17.3. The molecule has 0 aromatic heterocycles. The van der Waals surface area contributed by atoms with Crippen LogP contribution in [-0.4, -0.2) is 28.5 Å². The molecule has 1 fully saturated rings. The first-order valence-corrected chi connectivity index (χ1v) is 11.5. The van der Waals surface area contributed by atoms with Crippen LogP contribution in [0.5, 0.6) is 11.5 Å². The van der Waals surface area contributed by atoms with E-state index in [0.29, 0.717) is 23.5 Å². The van der Waals surface area contributed by atoms with Gasteiger partial charge in [-0.3, -0.25) is 14.5 Å². The van der Waals surface area contributed by atoms with Crippen LogP contribution >= 0.6 is 0 Å². The second-order valence-corrected chi connectivity index (χ2v) is 8.64. The van der Waals surface area contributed by atoms with Gasteiger partial charge in [-0.25, -0.2) is 0 Å². The van der Waals surface area contributed by atoms with E-state index in [9.17, 15) is 33.0 Å². The molecule has 3 aromatic carbocycles. The summed E-state index contributed by atoms with van der Waals surface area (Å²) >= 11 is 0. The summed E-state index contributed by atoms with van der Waals surface area (Å²) in [6.07, 6.45) is -3.87. The molecule has 1 aliphatic heterocycles.